The fourth-order valence-corrected chi connectivity index (χ4v) is 4.59. The first kappa shape index (κ1) is 15.2. The molecule has 2 rings (SSSR count). The molecular formula is C16H22O3S. The average molecular weight is 294 g/mol. The van der Waals surface area contributed by atoms with Crippen molar-refractivity contribution in [1.29, 1.82) is 0 Å². The van der Waals surface area contributed by atoms with E-state index >= 15 is 0 Å². The van der Waals surface area contributed by atoms with Crippen LogP contribution >= 0.6 is 0 Å². The second kappa shape index (κ2) is 6.08. The number of carbonyl (C=O) groups is 1. The van der Waals surface area contributed by atoms with E-state index in [1.807, 2.05) is 12.1 Å². The van der Waals surface area contributed by atoms with Gasteiger partial charge >= 0.3 is 0 Å². The van der Waals surface area contributed by atoms with Crippen LogP contribution in [-0.2, 0) is 16.3 Å². The van der Waals surface area contributed by atoms with E-state index in [1.165, 1.54) is 5.56 Å². The van der Waals surface area contributed by atoms with E-state index < -0.39 is 15.1 Å². The number of Topliss-reactive ketones (excluding diaryl/α,β-unsaturated/α-hetero) is 1. The first-order valence-electron chi connectivity index (χ1n) is 7.25. The molecule has 1 saturated heterocycles. The standard InChI is InChI=1S/C16H22O3S/c1-12(2)11-13-6-8-14(9-7-13)16(17)15-5-3-4-10-20(15,18)19/h6-9,12,15H,3-5,10-11H2,1-2H3. The SMILES string of the molecule is CC(C)Cc1ccc(C(=O)C2CCCCS2(=O)=O)cc1. The summed E-state index contributed by atoms with van der Waals surface area (Å²) < 4.78 is 24.0. The van der Waals surface area contributed by atoms with Crippen LogP contribution in [0.2, 0.25) is 0 Å². The highest BCUT2D eigenvalue weighted by Gasteiger charge is 2.35. The van der Waals surface area contributed by atoms with Crippen molar-refractivity contribution < 1.29 is 13.2 Å². The predicted molar refractivity (Wildman–Crippen MR) is 80.7 cm³/mol. The molecule has 4 heteroatoms. The van der Waals surface area contributed by atoms with Gasteiger partial charge in [0.2, 0.25) is 0 Å². The Morgan fingerprint density at radius 3 is 2.40 bits per heavy atom. The van der Waals surface area contributed by atoms with Gasteiger partial charge in [0.25, 0.3) is 0 Å². The van der Waals surface area contributed by atoms with E-state index in [0.29, 0.717) is 24.3 Å². The van der Waals surface area contributed by atoms with Gasteiger partial charge in [0.1, 0.15) is 5.25 Å². The third-order valence-electron chi connectivity index (χ3n) is 3.75. The van der Waals surface area contributed by atoms with Crippen LogP contribution in [0.1, 0.15) is 49.0 Å². The number of hydrogen-bond acceptors (Lipinski definition) is 3. The Morgan fingerprint density at radius 1 is 1.20 bits per heavy atom. The van der Waals surface area contributed by atoms with Crippen LogP contribution in [0, 0.1) is 5.92 Å². The summed E-state index contributed by atoms with van der Waals surface area (Å²) in [6.07, 6.45) is 2.94. The van der Waals surface area contributed by atoms with E-state index in [9.17, 15) is 13.2 Å². The molecule has 1 aromatic carbocycles. The lowest BCUT2D eigenvalue weighted by molar-refractivity contribution is 0.0981. The van der Waals surface area contributed by atoms with E-state index in [-0.39, 0.29) is 11.5 Å². The van der Waals surface area contributed by atoms with E-state index in [4.69, 9.17) is 0 Å². The Bertz CT molecular complexity index is 570. The number of rotatable bonds is 4. The van der Waals surface area contributed by atoms with Crippen LogP contribution in [0.3, 0.4) is 0 Å². The third-order valence-corrected chi connectivity index (χ3v) is 5.93. The molecule has 0 radical (unpaired) electrons. The minimum atomic E-state index is -3.25. The highest BCUT2D eigenvalue weighted by Crippen LogP contribution is 2.23. The zero-order chi connectivity index (χ0) is 14.8. The molecule has 0 aromatic heterocycles. The van der Waals surface area contributed by atoms with Crippen LogP contribution in [-0.4, -0.2) is 25.2 Å². The molecule has 0 amide bonds. The molecule has 20 heavy (non-hydrogen) atoms. The van der Waals surface area contributed by atoms with Crippen LogP contribution < -0.4 is 0 Å². The van der Waals surface area contributed by atoms with Gasteiger partial charge in [0.05, 0.1) is 5.75 Å². The molecule has 1 unspecified atom stereocenters. The van der Waals surface area contributed by atoms with E-state index in [2.05, 4.69) is 13.8 Å². The van der Waals surface area contributed by atoms with Gasteiger partial charge in [0, 0.05) is 5.56 Å². The lowest BCUT2D eigenvalue weighted by Crippen LogP contribution is -2.35. The zero-order valence-corrected chi connectivity index (χ0v) is 12.9. The molecule has 0 N–H and O–H groups in total. The topological polar surface area (TPSA) is 51.2 Å². The number of ketones is 1. The molecule has 3 nitrogen and oxygen atoms in total. The Balaban J connectivity index is 2.16. The van der Waals surface area contributed by atoms with Crippen molar-refractivity contribution in [2.75, 3.05) is 5.75 Å². The van der Waals surface area contributed by atoms with Gasteiger partial charge in [0.15, 0.2) is 15.6 Å². The second-order valence-electron chi connectivity index (χ2n) is 6.01. The maximum absolute atomic E-state index is 12.4. The highest BCUT2D eigenvalue weighted by atomic mass is 32.2. The van der Waals surface area contributed by atoms with Gasteiger partial charge in [-0.2, -0.15) is 0 Å². The third kappa shape index (κ3) is 3.48. The highest BCUT2D eigenvalue weighted by molar-refractivity contribution is 7.92. The molecule has 0 saturated carbocycles. The molecule has 1 fully saturated rings. The van der Waals surface area contributed by atoms with Crippen LogP contribution in [0.15, 0.2) is 24.3 Å². The molecule has 0 bridgehead atoms. The number of sulfone groups is 1. The molecular weight excluding hydrogens is 272 g/mol. The number of hydrogen-bond donors (Lipinski definition) is 0. The van der Waals surface area contributed by atoms with Gasteiger partial charge < -0.3 is 0 Å². The first-order valence-corrected chi connectivity index (χ1v) is 8.96. The van der Waals surface area contributed by atoms with Crippen LogP contribution in [0.5, 0.6) is 0 Å². The average Bonchev–Trinajstić information content (AvgIpc) is 2.37. The maximum atomic E-state index is 12.4. The second-order valence-corrected chi connectivity index (χ2v) is 8.31. The maximum Gasteiger partial charge on any atom is 0.180 e. The molecule has 1 heterocycles. The Hall–Kier alpha value is -1.16. The Kier molecular flexibility index (Phi) is 4.63. The van der Waals surface area contributed by atoms with Gasteiger partial charge in [-0.25, -0.2) is 8.42 Å². The lowest BCUT2D eigenvalue weighted by atomic mass is 9.99. The Labute approximate surface area is 121 Å². The van der Waals surface area contributed by atoms with Crippen LogP contribution in [0.4, 0.5) is 0 Å². The summed E-state index contributed by atoms with van der Waals surface area (Å²) in [5.41, 5.74) is 1.70. The first-order chi connectivity index (χ1) is 9.40. The molecule has 1 aliphatic rings. The van der Waals surface area contributed by atoms with Crippen molar-refractivity contribution in [2.45, 2.75) is 44.8 Å². The summed E-state index contributed by atoms with van der Waals surface area (Å²) in [6.45, 7) is 4.29. The molecule has 1 atom stereocenters. The summed E-state index contributed by atoms with van der Waals surface area (Å²) in [7, 11) is -3.25. The summed E-state index contributed by atoms with van der Waals surface area (Å²) in [4.78, 5) is 12.4. The predicted octanol–water partition coefficient (Wildman–Crippen LogP) is 3.04. The van der Waals surface area contributed by atoms with Gasteiger partial charge in [-0.3, -0.25) is 4.79 Å². The molecule has 0 aliphatic carbocycles. The molecule has 1 aromatic rings. The minimum Gasteiger partial charge on any atom is -0.293 e. The van der Waals surface area contributed by atoms with E-state index in [0.717, 1.165) is 12.8 Å². The van der Waals surface area contributed by atoms with E-state index in [1.54, 1.807) is 12.1 Å². The summed E-state index contributed by atoms with van der Waals surface area (Å²) in [5, 5.41) is -0.827. The fraction of sp³-hybridized carbons (Fsp3) is 0.562. The molecule has 1 aliphatic heterocycles. The number of carbonyl (C=O) groups excluding carboxylic acids is 1. The monoisotopic (exact) mass is 294 g/mol. The van der Waals surface area contributed by atoms with Crippen molar-refractivity contribution in [3.63, 3.8) is 0 Å². The van der Waals surface area contributed by atoms with Gasteiger partial charge in [-0.1, -0.05) is 44.5 Å². The van der Waals surface area contributed by atoms with Crippen molar-refractivity contribution in [2.24, 2.45) is 5.92 Å². The fourth-order valence-electron chi connectivity index (χ4n) is 2.71. The number of benzene rings is 1. The van der Waals surface area contributed by atoms with Crippen molar-refractivity contribution in [1.82, 2.24) is 0 Å². The minimum absolute atomic E-state index is 0.148. The van der Waals surface area contributed by atoms with Crippen molar-refractivity contribution >= 4 is 15.6 Å². The van der Waals surface area contributed by atoms with Gasteiger partial charge in [-0.15, -0.1) is 0 Å². The summed E-state index contributed by atoms with van der Waals surface area (Å²) >= 11 is 0. The molecule has 110 valence electrons. The largest absolute Gasteiger partial charge is 0.293 e. The summed E-state index contributed by atoms with van der Waals surface area (Å²) in [5.74, 6) is 0.477. The zero-order valence-electron chi connectivity index (χ0n) is 12.1. The Morgan fingerprint density at radius 2 is 1.85 bits per heavy atom. The quantitative estimate of drug-likeness (QED) is 0.802. The van der Waals surface area contributed by atoms with Crippen LogP contribution in [0.25, 0.3) is 0 Å². The molecule has 0 spiro atoms. The van der Waals surface area contributed by atoms with Crippen molar-refractivity contribution in [3.05, 3.63) is 35.4 Å². The smallest absolute Gasteiger partial charge is 0.180 e. The summed E-state index contributed by atoms with van der Waals surface area (Å²) in [6, 6.07) is 7.40. The lowest BCUT2D eigenvalue weighted by Gasteiger charge is -2.21. The normalized spacial score (nSPS) is 21.9. The van der Waals surface area contributed by atoms with Gasteiger partial charge in [-0.05, 0) is 30.7 Å². The van der Waals surface area contributed by atoms with Crippen molar-refractivity contribution in [3.8, 4) is 0 Å².